The van der Waals surface area contributed by atoms with E-state index in [1.54, 1.807) is 0 Å². The molecule has 8 nitrogen and oxygen atoms in total. The molecule has 0 saturated heterocycles. The second kappa shape index (κ2) is 7.94. The second-order valence-electron chi connectivity index (χ2n) is 4.88. The summed E-state index contributed by atoms with van der Waals surface area (Å²) in [4.78, 5) is 14.8. The molecule has 1 heterocycles. The van der Waals surface area contributed by atoms with Crippen molar-refractivity contribution in [1.82, 2.24) is 15.0 Å². The lowest BCUT2D eigenvalue weighted by Crippen LogP contribution is -2.36. The van der Waals surface area contributed by atoms with E-state index in [1.165, 1.54) is 0 Å². The van der Waals surface area contributed by atoms with Crippen molar-refractivity contribution in [2.24, 2.45) is 5.84 Å². The smallest absolute Gasteiger partial charge is 0.243 e. The molecule has 8 heteroatoms. The summed E-state index contributed by atoms with van der Waals surface area (Å²) in [5, 5.41) is 13.4. The van der Waals surface area contributed by atoms with Crippen molar-refractivity contribution in [3.05, 3.63) is 0 Å². The van der Waals surface area contributed by atoms with Crippen LogP contribution in [-0.4, -0.2) is 45.3 Å². The van der Waals surface area contributed by atoms with Gasteiger partial charge in [0.15, 0.2) is 0 Å². The zero-order valence-corrected chi connectivity index (χ0v) is 13.3. The summed E-state index contributed by atoms with van der Waals surface area (Å²) < 4.78 is 0. The SMILES string of the molecule is CCN(CC)c1nc(NN)nc(NCC(O)(CC)CC)n1. The van der Waals surface area contributed by atoms with Crippen molar-refractivity contribution in [3.63, 3.8) is 0 Å². The number of nitrogens with one attached hydrogen (secondary N) is 2. The van der Waals surface area contributed by atoms with E-state index in [0.29, 0.717) is 37.2 Å². The van der Waals surface area contributed by atoms with Crippen molar-refractivity contribution in [2.75, 3.05) is 35.3 Å². The van der Waals surface area contributed by atoms with Crippen LogP contribution in [0.5, 0.6) is 0 Å². The maximum absolute atomic E-state index is 10.3. The number of nitrogen functional groups attached to an aromatic ring is 1. The number of anilines is 3. The van der Waals surface area contributed by atoms with Gasteiger partial charge < -0.3 is 15.3 Å². The molecular formula is C13H27N7O. The van der Waals surface area contributed by atoms with Gasteiger partial charge in [-0.05, 0) is 26.7 Å². The summed E-state index contributed by atoms with van der Waals surface area (Å²) in [6.07, 6.45) is 1.32. The molecule has 0 bridgehead atoms. The van der Waals surface area contributed by atoms with Crippen LogP contribution in [0.2, 0.25) is 0 Å². The zero-order valence-electron chi connectivity index (χ0n) is 13.3. The summed E-state index contributed by atoms with van der Waals surface area (Å²) >= 11 is 0. The van der Waals surface area contributed by atoms with Crippen LogP contribution >= 0.6 is 0 Å². The van der Waals surface area contributed by atoms with Crippen LogP contribution in [0.3, 0.4) is 0 Å². The average Bonchev–Trinajstić information content (AvgIpc) is 2.53. The van der Waals surface area contributed by atoms with Crippen LogP contribution in [0.4, 0.5) is 17.8 Å². The molecule has 0 fully saturated rings. The molecule has 0 aromatic carbocycles. The van der Waals surface area contributed by atoms with Crippen LogP contribution in [0.1, 0.15) is 40.5 Å². The van der Waals surface area contributed by atoms with Gasteiger partial charge in [-0.1, -0.05) is 13.8 Å². The predicted molar refractivity (Wildman–Crippen MR) is 85.2 cm³/mol. The van der Waals surface area contributed by atoms with E-state index in [2.05, 4.69) is 25.7 Å². The van der Waals surface area contributed by atoms with Gasteiger partial charge in [-0.2, -0.15) is 15.0 Å². The molecule has 21 heavy (non-hydrogen) atoms. The molecule has 5 N–H and O–H groups in total. The van der Waals surface area contributed by atoms with Gasteiger partial charge in [0.25, 0.3) is 0 Å². The molecule has 1 aromatic heterocycles. The van der Waals surface area contributed by atoms with Crippen LogP contribution in [0.25, 0.3) is 0 Å². The van der Waals surface area contributed by atoms with Gasteiger partial charge in [-0.3, -0.25) is 5.43 Å². The molecule has 0 unspecified atom stereocenters. The summed E-state index contributed by atoms with van der Waals surface area (Å²) in [7, 11) is 0. The molecule has 0 aliphatic rings. The minimum Gasteiger partial charge on any atom is -0.388 e. The van der Waals surface area contributed by atoms with Gasteiger partial charge in [-0.15, -0.1) is 0 Å². The standard InChI is InChI=1S/C13H27N7O/c1-5-13(21,6-2)9-15-10-16-11(19-14)18-12(17-10)20(7-3)8-4/h21H,5-9,14H2,1-4H3,(H2,15,16,17,18,19). The van der Waals surface area contributed by atoms with Crippen molar-refractivity contribution < 1.29 is 5.11 Å². The van der Waals surface area contributed by atoms with E-state index in [4.69, 9.17) is 5.84 Å². The van der Waals surface area contributed by atoms with E-state index in [1.807, 2.05) is 32.6 Å². The van der Waals surface area contributed by atoms with Gasteiger partial charge in [0.05, 0.1) is 5.60 Å². The number of rotatable bonds is 9. The Kier molecular flexibility index (Phi) is 6.57. The number of hydrazine groups is 1. The molecular weight excluding hydrogens is 270 g/mol. The number of aliphatic hydroxyl groups is 1. The third-order valence-corrected chi connectivity index (χ3v) is 3.69. The number of hydrogen-bond acceptors (Lipinski definition) is 8. The fourth-order valence-electron chi connectivity index (χ4n) is 1.90. The molecule has 0 saturated carbocycles. The third-order valence-electron chi connectivity index (χ3n) is 3.69. The van der Waals surface area contributed by atoms with Gasteiger partial charge in [0.1, 0.15) is 0 Å². The lowest BCUT2D eigenvalue weighted by atomic mass is 9.98. The van der Waals surface area contributed by atoms with Gasteiger partial charge in [0.2, 0.25) is 17.8 Å². The normalized spacial score (nSPS) is 11.3. The predicted octanol–water partition coefficient (Wildman–Crippen LogP) is 0.966. The molecule has 0 aliphatic carbocycles. The van der Waals surface area contributed by atoms with Crippen LogP contribution < -0.4 is 21.5 Å². The molecule has 1 aromatic rings. The summed E-state index contributed by atoms with van der Waals surface area (Å²) in [5.41, 5.74) is 1.68. The molecule has 0 amide bonds. The second-order valence-corrected chi connectivity index (χ2v) is 4.88. The largest absolute Gasteiger partial charge is 0.388 e. The molecule has 0 aliphatic heterocycles. The maximum atomic E-state index is 10.3. The fourth-order valence-corrected chi connectivity index (χ4v) is 1.90. The Balaban J connectivity index is 2.94. The fraction of sp³-hybridized carbons (Fsp3) is 0.769. The highest BCUT2D eigenvalue weighted by atomic mass is 16.3. The Morgan fingerprint density at radius 1 is 1.05 bits per heavy atom. The Morgan fingerprint density at radius 3 is 2.10 bits per heavy atom. The number of nitrogens with two attached hydrogens (primary N) is 1. The first-order chi connectivity index (χ1) is 10.0. The Morgan fingerprint density at radius 2 is 1.62 bits per heavy atom. The molecule has 0 radical (unpaired) electrons. The lowest BCUT2D eigenvalue weighted by molar-refractivity contribution is 0.0455. The number of aromatic nitrogens is 3. The zero-order chi connectivity index (χ0) is 15.9. The number of hydrogen-bond donors (Lipinski definition) is 4. The highest BCUT2D eigenvalue weighted by Gasteiger charge is 2.22. The van der Waals surface area contributed by atoms with Gasteiger partial charge in [-0.25, -0.2) is 5.84 Å². The minimum absolute atomic E-state index is 0.297. The lowest BCUT2D eigenvalue weighted by Gasteiger charge is -2.26. The van der Waals surface area contributed by atoms with Gasteiger partial charge in [0, 0.05) is 19.6 Å². The van der Waals surface area contributed by atoms with E-state index in [0.717, 1.165) is 13.1 Å². The van der Waals surface area contributed by atoms with E-state index in [9.17, 15) is 5.11 Å². The number of nitrogens with zero attached hydrogens (tertiary/aromatic N) is 4. The first kappa shape index (κ1) is 17.4. The average molecular weight is 297 g/mol. The summed E-state index contributed by atoms with van der Waals surface area (Å²) in [6, 6.07) is 0. The maximum Gasteiger partial charge on any atom is 0.243 e. The van der Waals surface area contributed by atoms with E-state index in [-0.39, 0.29) is 0 Å². The quantitative estimate of drug-likeness (QED) is 0.394. The van der Waals surface area contributed by atoms with Crippen molar-refractivity contribution in [2.45, 2.75) is 46.1 Å². The topological polar surface area (TPSA) is 112 Å². The highest BCUT2D eigenvalue weighted by Crippen LogP contribution is 2.17. The van der Waals surface area contributed by atoms with Crippen molar-refractivity contribution >= 4 is 17.8 Å². The Bertz CT molecular complexity index is 433. The molecule has 1 rings (SSSR count). The molecule has 0 atom stereocenters. The third kappa shape index (κ3) is 4.68. The Hall–Kier alpha value is -1.67. The molecule has 120 valence electrons. The monoisotopic (exact) mass is 297 g/mol. The minimum atomic E-state index is -0.766. The van der Waals surface area contributed by atoms with E-state index >= 15 is 0 Å². The van der Waals surface area contributed by atoms with Gasteiger partial charge >= 0.3 is 0 Å². The summed E-state index contributed by atoms with van der Waals surface area (Å²) in [6.45, 7) is 9.92. The van der Waals surface area contributed by atoms with Crippen molar-refractivity contribution in [3.8, 4) is 0 Å². The van der Waals surface area contributed by atoms with Crippen LogP contribution in [0, 0.1) is 0 Å². The Labute approximate surface area is 126 Å². The van der Waals surface area contributed by atoms with Crippen LogP contribution in [0.15, 0.2) is 0 Å². The van der Waals surface area contributed by atoms with Crippen LogP contribution in [-0.2, 0) is 0 Å². The molecule has 0 spiro atoms. The first-order valence-electron chi connectivity index (χ1n) is 7.45. The highest BCUT2D eigenvalue weighted by molar-refractivity contribution is 5.43. The van der Waals surface area contributed by atoms with E-state index < -0.39 is 5.60 Å². The summed E-state index contributed by atoms with van der Waals surface area (Å²) in [5.74, 6) is 6.66. The first-order valence-corrected chi connectivity index (χ1v) is 7.45. The van der Waals surface area contributed by atoms with Crippen molar-refractivity contribution in [1.29, 1.82) is 0 Å².